The van der Waals surface area contributed by atoms with E-state index in [1.54, 1.807) is 6.08 Å². The van der Waals surface area contributed by atoms with Gasteiger partial charge in [-0.3, -0.25) is 0 Å². The molecule has 6 aromatic rings. The number of benzene rings is 4. The van der Waals surface area contributed by atoms with Crippen LogP contribution in [0.1, 0.15) is 31.9 Å². The molecule has 0 unspecified atom stereocenters. The van der Waals surface area contributed by atoms with Crippen molar-refractivity contribution < 1.29 is 30.6 Å². The van der Waals surface area contributed by atoms with Gasteiger partial charge in [0.15, 0.2) is 0 Å². The minimum Gasteiger partial charge on any atom is -0.415 e. The van der Waals surface area contributed by atoms with Crippen LogP contribution < -0.4 is 0 Å². The van der Waals surface area contributed by atoms with Crippen LogP contribution in [0, 0.1) is 13.8 Å². The second-order valence-electron chi connectivity index (χ2n) is 10.5. The second-order valence-corrected chi connectivity index (χ2v) is 11.2. The Labute approximate surface area is 287 Å². The summed E-state index contributed by atoms with van der Waals surface area (Å²) in [5.74, 6) is 0. The summed E-state index contributed by atoms with van der Waals surface area (Å²) in [5.41, 5.74) is 7.89. The number of fused-ring (bicyclic) bond motifs is 2. The molecule has 0 N–H and O–H groups in total. The molecule has 0 spiro atoms. The van der Waals surface area contributed by atoms with Gasteiger partial charge < -0.3 is 4.43 Å². The smallest absolute Gasteiger partial charge is 0.415 e. The van der Waals surface area contributed by atoms with Gasteiger partial charge in [0.2, 0.25) is 9.76 Å². The second kappa shape index (κ2) is 19.8. The summed E-state index contributed by atoms with van der Waals surface area (Å²) in [4.78, 5) is 0. The Balaban J connectivity index is 0.000000228. The maximum absolute atomic E-state index is 5.07. The van der Waals surface area contributed by atoms with Gasteiger partial charge in [0.05, 0.1) is 0 Å². The molecule has 0 aromatic heterocycles. The van der Waals surface area contributed by atoms with Crippen LogP contribution in [0.2, 0.25) is 6.55 Å². The van der Waals surface area contributed by atoms with Gasteiger partial charge in [0.25, 0.3) is 0 Å². The minimum atomic E-state index is 0. The average molecular weight is 672 g/mol. The van der Waals surface area contributed by atoms with Crippen LogP contribution in [-0.2, 0) is 30.6 Å². The molecule has 0 saturated carbocycles. The van der Waals surface area contributed by atoms with Crippen LogP contribution in [0.5, 0.6) is 0 Å². The van der Waals surface area contributed by atoms with Crippen LogP contribution in [0.4, 0.5) is 0 Å². The SMILES string of the molecule is C=CC=CC.C[Si]OC(C)C.Cc1cc2c(-c3ccccc3)cccc2[cH-]1.Cc1cc2c(-c3ccccc3)cccc2[cH-]1.[Zr+2]. The van der Waals surface area contributed by atoms with Gasteiger partial charge in [-0.25, -0.2) is 0 Å². The number of hydrogen-bond acceptors (Lipinski definition) is 1. The number of allylic oxidation sites excluding steroid dienone is 3. The van der Waals surface area contributed by atoms with Crippen molar-refractivity contribution in [2.75, 3.05) is 0 Å². The molecule has 0 bridgehead atoms. The molecule has 0 saturated heterocycles. The van der Waals surface area contributed by atoms with Crippen LogP contribution in [0.15, 0.2) is 146 Å². The molecule has 6 rings (SSSR count). The molecule has 0 fully saturated rings. The van der Waals surface area contributed by atoms with Crippen molar-refractivity contribution in [2.45, 2.75) is 47.3 Å². The van der Waals surface area contributed by atoms with E-state index in [2.05, 4.69) is 142 Å². The molecule has 222 valence electrons. The van der Waals surface area contributed by atoms with E-state index in [4.69, 9.17) is 4.43 Å². The molecule has 0 heterocycles. The van der Waals surface area contributed by atoms with Crippen LogP contribution >= 0.6 is 0 Å². The molecular weight excluding hydrogens is 628 g/mol. The zero-order chi connectivity index (χ0) is 31.0. The summed E-state index contributed by atoms with van der Waals surface area (Å²) in [6.07, 6.45) is 5.99. The Bertz CT molecular complexity index is 1580. The fourth-order valence-corrected chi connectivity index (χ4v) is 5.35. The average Bonchev–Trinajstić information content (AvgIpc) is 3.60. The van der Waals surface area contributed by atoms with Gasteiger partial charge in [-0.15, -0.1) is 69.1 Å². The number of rotatable bonds is 5. The van der Waals surface area contributed by atoms with E-state index in [0.29, 0.717) is 15.9 Å². The van der Waals surface area contributed by atoms with E-state index in [1.807, 2.05) is 39.5 Å². The predicted molar refractivity (Wildman–Crippen MR) is 192 cm³/mol. The predicted octanol–water partition coefficient (Wildman–Crippen LogP) is 11.9. The molecule has 0 atom stereocenters. The monoisotopic (exact) mass is 670 g/mol. The van der Waals surface area contributed by atoms with Crippen molar-refractivity contribution in [3.63, 3.8) is 0 Å². The van der Waals surface area contributed by atoms with Gasteiger partial charge in [-0.05, 0) is 38.4 Å². The molecule has 1 nitrogen and oxygen atoms in total. The zero-order valence-electron chi connectivity index (χ0n) is 27.0. The van der Waals surface area contributed by atoms with E-state index >= 15 is 0 Å². The summed E-state index contributed by atoms with van der Waals surface area (Å²) in [7, 11) is 0.638. The Hall–Kier alpha value is -3.36. The third-order valence-electron chi connectivity index (χ3n) is 6.64. The standard InChI is InChI=1S/2C16H13.C5H8.C4H10OSi.Zr/c2*1-12-10-14-8-5-9-15(16(14)11-12)13-6-3-2-4-7-13;1-3-5-4-2;1-4(2)5-6-3;/h2*2-11H,1H3;3-5H,1H2,2H3;4H,1-3H3;/q2*-1;;;+2. The fraction of sp³-hybridized carbons (Fsp3) is 0.171. The van der Waals surface area contributed by atoms with E-state index in [-0.39, 0.29) is 26.2 Å². The largest absolute Gasteiger partial charge is 2.00 e. The first kappa shape index (κ1) is 36.8. The first-order valence-electron chi connectivity index (χ1n) is 14.9. The van der Waals surface area contributed by atoms with Crippen molar-refractivity contribution in [1.29, 1.82) is 0 Å². The fourth-order valence-electron chi connectivity index (χ4n) is 4.88. The minimum absolute atomic E-state index is 0. The summed E-state index contributed by atoms with van der Waals surface area (Å²) in [6, 6.07) is 43.1. The third kappa shape index (κ3) is 11.3. The third-order valence-corrected chi connectivity index (χ3v) is 7.35. The van der Waals surface area contributed by atoms with Crippen LogP contribution in [0.3, 0.4) is 0 Å². The van der Waals surface area contributed by atoms with Gasteiger partial charge in [0.1, 0.15) is 0 Å². The van der Waals surface area contributed by atoms with Gasteiger partial charge in [-0.1, -0.05) is 123 Å². The molecule has 0 aliphatic carbocycles. The summed E-state index contributed by atoms with van der Waals surface area (Å²) >= 11 is 0. The quantitative estimate of drug-likeness (QED) is 0.101. The molecule has 3 heteroatoms. The van der Waals surface area contributed by atoms with Crippen LogP contribution in [-0.4, -0.2) is 15.9 Å². The zero-order valence-corrected chi connectivity index (χ0v) is 30.4. The Morgan fingerprint density at radius 3 is 1.41 bits per heavy atom. The first-order valence-corrected chi connectivity index (χ1v) is 16.3. The Morgan fingerprint density at radius 1 is 0.682 bits per heavy atom. The maximum Gasteiger partial charge on any atom is 2.00 e. The van der Waals surface area contributed by atoms with Gasteiger partial charge >= 0.3 is 26.2 Å². The molecular formula is C41H44OSiZr. The molecule has 0 amide bonds. The summed E-state index contributed by atoms with van der Waals surface area (Å²) < 4.78 is 5.07. The number of aryl methyl sites for hydroxylation is 2. The normalized spacial score (nSPS) is 10.2. The van der Waals surface area contributed by atoms with Gasteiger partial charge in [0, 0.05) is 6.10 Å². The van der Waals surface area contributed by atoms with Gasteiger partial charge in [-0.2, -0.15) is 12.1 Å². The van der Waals surface area contributed by atoms with E-state index in [0.717, 1.165) is 0 Å². The van der Waals surface area contributed by atoms with E-state index in [1.165, 1.54) is 54.9 Å². The summed E-state index contributed by atoms with van der Waals surface area (Å²) in [6.45, 7) is 15.8. The Kier molecular flexibility index (Phi) is 16.6. The maximum atomic E-state index is 5.07. The molecule has 2 radical (unpaired) electrons. The molecule has 6 aromatic carbocycles. The number of hydrogen-bond donors (Lipinski definition) is 0. The molecule has 0 aliphatic rings. The van der Waals surface area contributed by atoms with Crippen LogP contribution in [0.25, 0.3) is 43.8 Å². The molecule has 44 heavy (non-hydrogen) atoms. The van der Waals surface area contributed by atoms with Crippen molar-refractivity contribution in [2.24, 2.45) is 0 Å². The van der Waals surface area contributed by atoms with E-state index < -0.39 is 0 Å². The Morgan fingerprint density at radius 2 is 1.11 bits per heavy atom. The van der Waals surface area contributed by atoms with Crippen molar-refractivity contribution >= 4 is 31.3 Å². The van der Waals surface area contributed by atoms with E-state index in [9.17, 15) is 0 Å². The van der Waals surface area contributed by atoms with Crippen molar-refractivity contribution in [3.8, 4) is 22.3 Å². The molecule has 0 aliphatic heterocycles. The van der Waals surface area contributed by atoms with Crippen molar-refractivity contribution in [1.82, 2.24) is 0 Å². The summed E-state index contributed by atoms with van der Waals surface area (Å²) in [5, 5.41) is 5.37. The van der Waals surface area contributed by atoms with Crippen molar-refractivity contribution in [3.05, 3.63) is 157 Å². The topological polar surface area (TPSA) is 9.23 Å². The first-order chi connectivity index (χ1) is 20.9.